The minimum absolute atomic E-state index is 0.220. The molecule has 2 N–H and O–H groups in total. The van der Waals surface area contributed by atoms with Gasteiger partial charge in [-0.15, -0.1) is 0 Å². The van der Waals surface area contributed by atoms with Crippen LogP contribution in [0.15, 0.2) is 16.9 Å². The van der Waals surface area contributed by atoms with Crippen molar-refractivity contribution >= 4 is 0 Å². The van der Waals surface area contributed by atoms with Gasteiger partial charge in [0.2, 0.25) is 0 Å². The summed E-state index contributed by atoms with van der Waals surface area (Å²) in [5.74, 6) is 0. The normalized spacial score (nSPS) is 11.7. The zero-order valence-electron chi connectivity index (χ0n) is 7.51. The first-order valence-corrected chi connectivity index (χ1v) is 3.84. The van der Waals surface area contributed by atoms with Gasteiger partial charge in [0.25, 0.3) is 5.56 Å². The third-order valence-electron chi connectivity index (χ3n) is 1.71. The van der Waals surface area contributed by atoms with E-state index in [4.69, 9.17) is 0 Å². The summed E-state index contributed by atoms with van der Waals surface area (Å²) in [5.41, 5.74) is -0.0926. The van der Waals surface area contributed by atoms with Crippen molar-refractivity contribution in [3.63, 3.8) is 0 Å². The van der Waals surface area contributed by atoms with E-state index in [1.165, 1.54) is 0 Å². The summed E-state index contributed by atoms with van der Waals surface area (Å²) in [7, 11) is 0. The Kier molecular flexibility index (Phi) is 2.06. The first kappa shape index (κ1) is 9.00. The van der Waals surface area contributed by atoms with Crippen LogP contribution < -0.4 is 5.56 Å². The van der Waals surface area contributed by atoms with Crippen LogP contribution in [0.5, 0.6) is 0 Å². The summed E-state index contributed by atoms with van der Waals surface area (Å²) < 4.78 is 0. The first-order valence-electron chi connectivity index (χ1n) is 3.84. The van der Waals surface area contributed by atoms with Crippen molar-refractivity contribution in [1.82, 2.24) is 4.98 Å². The lowest BCUT2D eigenvalue weighted by atomic mass is 10.0. The van der Waals surface area contributed by atoms with E-state index in [0.29, 0.717) is 5.56 Å². The summed E-state index contributed by atoms with van der Waals surface area (Å²) in [6.45, 7) is 4.98. The highest BCUT2D eigenvalue weighted by molar-refractivity contribution is 5.18. The predicted molar refractivity (Wildman–Crippen MR) is 47.0 cm³/mol. The highest BCUT2D eigenvalue weighted by atomic mass is 16.3. The Hall–Kier alpha value is -1.09. The fourth-order valence-electron chi connectivity index (χ4n) is 1.05. The Morgan fingerprint density at radius 3 is 2.42 bits per heavy atom. The van der Waals surface area contributed by atoms with Gasteiger partial charge in [-0.3, -0.25) is 4.79 Å². The van der Waals surface area contributed by atoms with Crippen LogP contribution in [0.2, 0.25) is 0 Å². The average molecular weight is 167 g/mol. The standard InChI is InChI=1S/C9H13NO2/c1-6-4-5-7(8(11)10-6)9(2,3)12/h4-5,12H,1-3H3,(H,10,11). The minimum atomic E-state index is -1.07. The number of aliphatic hydroxyl groups is 1. The van der Waals surface area contributed by atoms with Crippen molar-refractivity contribution in [1.29, 1.82) is 0 Å². The van der Waals surface area contributed by atoms with Crippen LogP contribution in [-0.2, 0) is 5.60 Å². The molecule has 0 aliphatic carbocycles. The van der Waals surface area contributed by atoms with Crippen LogP contribution >= 0.6 is 0 Å². The number of hydrogen-bond donors (Lipinski definition) is 2. The topological polar surface area (TPSA) is 53.1 Å². The Morgan fingerprint density at radius 2 is 2.00 bits per heavy atom. The summed E-state index contributed by atoms with van der Waals surface area (Å²) >= 11 is 0. The number of pyridine rings is 1. The lowest BCUT2D eigenvalue weighted by Gasteiger charge is -2.16. The maximum absolute atomic E-state index is 11.3. The number of aromatic nitrogens is 1. The number of nitrogens with one attached hydrogen (secondary N) is 1. The molecule has 0 aliphatic rings. The largest absolute Gasteiger partial charge is 0.386 e. The van der Waals surface area contributed by atoms with Crippen LogP contribution in [0, 0.1) is 6.92 Å². The van der Waals surface area contributed by atoms with Gasteiger partial charge in [0.15, 0.2) is 0 Å². The van der Waals surface area contributed by atoms with E-state index >= 15 is 0 Å². The van der Waals surface area contributed by atoms with Gasteiger partial charge in [0.05, 0.1) is 5.60 Å². The highest BCUT2D eigenvalue weighted by Gasteiger charge is 2.19. The monoisotopic (exact) mass is 167 g/mol. The molecule has 0 spiro atoms. The van der Waals surface area contributed by atoms with Crippen molar-refractivity contribution in [3.8, 4) is 0 Å². The third-order valence-corrected chi connectivity index (χ3v) is 1.71. The molecule has 0 atom stereocenters. The maximum Gasteiger partial charge on any atom is 0.254 e. The zero-order chi connectivity index (χ0) is 9.35. The molecule has 0 aromatic carbocycles. The summed E-state index contributed by atoms with van der Waals surface area (Å²) in [5, 5.41) is 9.54. The van der Waals surface area contributed by atoms with Gasteiger partial charge >= 0.3 is 0 Å². The van der Waals surface area contributed by atoms with Crippen molar-refractivity contribution in [2.24, 2.45) is 0 Å². The Labute approximate surface area is 71.1 Å². The van der Waals surface area contributed by atoms with Crippen LogP contribution in [-0.4, -0.2) is 10.1 Å². The van der Waals surface area contributed by atoms with Crippen molar-refractivity contribution in [3.05, 3.63) is 33.7 Å². The van der Waals surface area contributed by atoms with Crippen molar-refractivity contribution in [2.75, 3.05) is 0 Å². The van der Waals surface area contributed by atoms with Gasteiger partial charge in [0.1, 0.15) is 0 Å². The quantitative estimate of drug-likeness (QED) is 0.653. The van der Waals surface area contributed by atoms with E-state index in [-0.39, 0.29) is 5.56 Å². The van der Waals surface area contributed by atoms with Gasteiger partial charge in [-0.05, 0) is 32.9 Å². The molecule has 0 aliphatic heterocycles. The molecule has 12 heavy (non-hydrogen) atoms. The average Bonchev–Trinajstić information content (AvgIpc) is 1.83. The second-order valence-electron chi connectivity index (χ2n) is 3.44. The van der Waals surface area contributed by atoms with E-state index in [0.717, 1.165) is 5.69 Å². The molecule has 3 heteroatoms. The van der Waals surface area contributed by atoms with E-state index in [1.54, 1.807) is 32.9 Å². The summed E-state index contributed by atoms with van der Waals surface area (Å²) in [6, 6.07) is 3.42. The van der Waals surface area contributed by atoms with Crippen molar-refractivity contribution < 1.29 is 5.11 Å². The molecule has 1 aromatic heterocycles. The lowest BCUT2D eigenvalue weighted by Crippen LogP contribution is -2.26. The molecule has 1 rings (SSSR count). The molecule has 3 nitrogen and oxygen atoms in total. The van der Waals surface area contributed by atoms with Gasteiger partial charge in [-0.25, -0.2) is 0 Å². The molecule has 66 valence electrons. The molecule has 0 radical (unpaired) electrons. The minimum Gasteiger partial charge on any atom is -0.386 e. The van der Waals surface area contributed by atoms with E-state index < -0.39 is 5.60 Å². The van der Waals surface area contributed by atoms with Gasteiger partial charge in [-0.2, -0.15) is 0 Å². The second-order valence-corrected chi connectivity index (χ2v) is 3.44. The number of aromatic amines is 1. The Balaban J connectivity index is 3.29. The van der Waals surface area contributed by atoms with Crippen LogP contribution in [0.4, 0.5) is 0 Å². The van der Waals surface area contributed by atoms with Crippen LogP contribution in [0.3, 0.4) is 0 Å². The molecular weight excluding hydrogens is 154 g/mol. The van der Waals surface area contributed by atoms with Gasteiger partial charge in [-0.1, -0.05) is 0 Å². The molecule has 1 heterocycles. The molecule has 0 amide bonds. The lowest BCUT2D eigenvalue weighted by molar-refractivity contribution is 0.0770. The Morgan fingerprint density at radius 1 is 1.42 bits per heavy atom. The number of hydrogen-bond acceptors (Lipinski definition) is 2. The summed E-state index contributed by atoms with van der Waals surface area (Å²) in [6.07, 6.45) is 0. The number of rotatable bonds is 1. The molecule has 0 saturated heterocycles. The van der Waals surface area contributed by atoms with E-state index in [1.807, 2.05) is 0 Å². The molecule has 1 aromatic rings. The fourth-order valence-corrected chi connectivity index (χ4v) is 1.05. The van der Waals surface area contributed by atoms with Crippen LogP contribution in [0.1, 0.15) is 25.1 Å². The molecular formula is C9H13NO2. The molecule has 0 unspecified atom stereocenters. The second kappa shape index (κ2) is 2.75. The maximum atomic E-state index is 11.3. The van der Waals surface area contributed by atoms with E-state index in [9.17, 15) is 9.90 Å². The number of aryl methyl sites for hydroxylation is 1. The zero-order valence-corrected chi connectivity index (χ0v) is 7.51. The Bertz CT molecular complexity index is 333. The highest BCUT2D eigenvalue weighted by Crippen LogP contribution is 2.14. The third kappa shape index (κ3) is 1.74. The SMILES string of the molecule is Cc1ccc(C(C)(C)O)c(=O)[nH]1. The molecule has 0 saturated carbocycles. The molecule has 0 bridgehead atoms. The van der Waals surface area contributed by atoms with Gasteiger partial charge in [0, 0.05) is 11.3 Å². The smallest absolute Gasteiger partial charge is 0.254 e. The number of H-pyrrole nitrogens is 1. The summed E-state index contributed by atoms with van der Waals surface area (Å²) in [4.78, 5) is 13.9. The first-order chi connectivity index (χ1) is 5.41. The van der Waals surface area contributed by atoms with Crippen LogP contribution in [0.25, 0.3) is 0 Å². The predicted octanol–water partition coefficient (Wildman–Crippen LogP) is 0.911. The van der Waals surface area contributed by atoms with Crippen molar-refractivity contribution in [2.45, 2.75) is 26.4 Å². The van der Waals surface area contributed by atoms with E-state index in [2.05, 4.69) is 4.98 Å². The molecule has 0 fully saturated rings. The fraction of sp³-hybridized carbons (Fsp3) is 0.444. The van der Waals surface area contributed by atoms with Gasteiger partial charge < -0.3 is 10.1 Å².